The van der Waals surface area contributed by atoms with E-state index in [0.717, 1.165) is 21.5 Å². The van der Waals surface area contributed by atoms with Gasteiger partial charge in [-0.15, -0.1) is 10.2 Å². The van der Waals surface area contributed by atoms with Crippen LogP contribution in [0.4, 0.5) is 15.2 Å². The Morgan fingerprint density at radius 3 is 2.58 bits per heavy atom. The molecule has 0 saturated carbocycles. The molecule has 0 aliphatic rings. The van der Waals surface area contributed by atoms with E-state index in [1.165, 1.54) is 29.0 Å². The van der Waals surface area contributed by atoms with Crippen LogP contribution in [0.15, 0.2) is 71.3 Å². The monoisotopic (exact) mass is 383 g/mol. The van der Waals surface area contributed by atoms with Crippen molar-refractivity contribution in [1.29, 1.82) is 0 Å². The molecule has 0 aliphatic carbocycles. The highest BCUT2D eigenvalue weighted by Gasteiger charge is 2.06. The second kappa shape index (κ2) is 7.67. The summed E-state index contributed by atoms with van der Waals surface area (Å²) in [6, 6.07) is 16.3. The number of nitrogens with zero attached hydrogens (tertiary/aromatic N) is 4. The predicted molar refractivity (Wildman–Crippen MR) is 103 cm³/mol. The maximum Gasteiger partial charge on any atom is 0.210 e. The summed E-state index contributed by atoms with van der Waals surface area (Å²) >= 11 is 3.11. The minimum Gasteiger partial charge on any atom is -0.330 e. The molecule has 5 nitrogen and oxygen atoms in total. The van der Waals surface area contributed by atoms with Crippen molar-refractivity contribution >= 4 is 33.9 Å². The van der Waals surface area contributed by atoms with Crippen LogP contribution in [0.25, 0.3) is 5.69 Å². The molecule has 1 N–H and O–H groups in total. The first-order valence-electron chi connectivity index (χ1n) is 7.84. The fourth-order valence-electron chi connectivity index (χ4n) is 2.29. The third-order valence-electron chi connectivity index (χ3n) is 3.57. The van der Waals surface area contributed by atoms with Gasteiger partial charge in [0.2, 0.25) is 5.13 Å². The number of benzene rings is 2. The van der Waals surface area contributed by atoms with Crippen LogP contribution in [0.2, 0.25) is 0 Å². The largest absolute Gasteiger partial charge is 0.330 e. The Morgan fingerprint density at radius 1 is 1.04 bits per heavy atom. The summed E-state index contributed by atoms with van der Waals surface area (Å²) in [4.78, 5) is 0. The lowest BCUT2D eigenvalue weighted by Crippen LogP contribution is -1.93. The lowest BCUT2D eigenvalue weighted by atomic mass is 10.2. The van der Waals surface area contributed by atoms with Crippen molar-refractivity contribution < 1.29 is 4.39 Å². The molecule has 2 heterocycles. The first-order chi connectivity index (χ1) is 12.8. The first-order valence-corrected chi connectivity index (χ1v) is 9.64. The van der Waals surface area contributed by atoms with Crippen LogP contribution >= 0.6 is 23.1 Å². The summed E-state index contributed by atoms with van der Waals surface area (Å²) in [6.45, 7) is 0. The maximum atomic E-state index is 12.9. The summed E-state index contributed by atoms with van der Waals surface area (Å²) in [5, 5.41) is 16.3. The molecule has 0 unspecified atom stereocenters. The zero-order valence-electron chi connectivity index (χ0n) is 13.5. The molecule has 0 amide bonds. The highest BCUT2D eigenvalue weighted by molar-refractivity contribution is 8.00. The number of hydrogen-bond donors (Lipinski definition) is 1. The van der Waals surface area contributed by atoms with Gasteiger partial charge < -0.3 is 5.32 Å². The SMILES string of the molecule is Fc1ccc(Nc2nnc(SCc3ccc(-n4cccn4)cc3)s2)cc1. The third kappa shape index (κ3) is 4.09. The third-order valence-corrected chi connectivity index (χ3v) is 5.61. The predicted octanol–water partition coefficient (Wildman–Crippen LogP) is 4.90. The fraction of sp³-hybridized carbons (Fsp3) is 0.0556. The molecular formula is C18H14FN5S2. The normalized spacial score (nSPS) is 10.8. The van der Waals surface area contributed by atoms with Crippen molar-refractivity contribution in [2.75, 3.05) is 5.32 Å². The first kappa shape index (κ1) is 16.7. The van der Waals surface area contributed by atoms with Crippen LogP contribution in [-0.2, 0) is 5.75 Å². The molecule has 26 heavy (non-hydrogen) atoms. The molecule has 4 rings (SSSR count). The van der Waals surface area contributed by atoms with E-state index >= 15 is 0 Å². The van der Waals surface area contributed by atoms with E-state index in [2.05, 4.69) is 32.7 Å². The maximum absolute atomic E-state index is 12.9. The van der Waals surface area contributed by atoms with E-state index in [4.69, 9.17) is 0 Å². The van der Waals surface area contributed by atoms with Gasteiger partial charge in [-0.05, 0) is 48.0 Å². The molecule has 0 atom stereocenters. The molecule has 0 fully saturated rings. The molecule has 8 heteroatoms. The van der Waals surface area contributed by atoms with Crippen molar-refractivity contribution in [3.63, 3.8) is 0 Å². The van der Waals surface area contributed by atoms with E-state index in [-0.39, 0.29) is 5.82 Å². The summed E-state index contributed by atoms with van der Waals surface area (Å²) < 4.78 is 15.6. The van der Waals surface area contributed by atoms with Crippen LogP contribution in [-0.4, -0.2) is 20.0 Å². The molecule has 130 valence electrons. The Morgan fingerprint density at radius 2 is 1.85 bits per heavy atom. The van der Waals surface area contributed by atoms with Gasteiger partial charge in [-0.3, -0.25) is 0 Å². The van der Waals surface area contributed by atoms with E-state index in [1.54, 1.807) is 30.1 Å². The van der Waals surface area contributed by atoms with Gasteiger partial charge in [-0.25, -0.2) is 9.07 Å². The molecule has 0 saturated heterocycles. The zero-order valence-corrected chi connectivity index (χ0v) is 15.2. The molecular weight excluding hydrogens is 369 g/mol. The van der Waals surface area contributed by atoms with Crippen LogP contribution in [0.3, 0.4) is 0 Å². The van der Waals surface area contributed by atoms with Gasteiger partial charge in [0, 0.05) is 23.8 Å². The molecule has 2 aromatic heterocycles. The highest BCUT2D eigenvalue weighted by atomic mass is 32.2. The van der Waals surface area contributed by atoms with Crippen LogP contribution < -0.4 is 5.32 Å². The number of anilines is 2. The molecule has 2 aromatic carbocycles. The number of hydrogen-bond acceptors (Lipinski definition) is 6. The topological polar surface area (TPSA) is 55.6 Å². The van der Waals surface area contributed by atoms with Gasteiger partial charge in [0.25, 0.3) is 0 Å². The van der Waals surface area contributed by atoms with Crippen molar-refractivity contribution in [2.24, 2.45) is 0 Å². The van der Waals surface area contributed by atoms with Crippen molar-refractivity contribution in [3.05, 3.63) is 78.4 Å². The van der Waals surface area contributed by atoms with Crippen molar-refractivity contribution in [3.8, 4) is 5.69 Å². The van der Waals surface area contributed by atoms with E-state index in [1.807, 2.05) is 29.1 Å². The van der Waals surface area contributed by atoms with E-state index < -0.39 is 0 Å². The lowest BCUT2D eigenvalue weighted by Gasteiger charge is -2.03. The van der Waals surface area contributed by atoms with Gasteiger partial charge in [-0.2, -0.15) is 5.10 Å². The standard InChI is InChI=1S/C18H14FN5S2/c19-14-4-6-15(7-5-14)21-17-22-23-18(26-17)25-12-13-2-8-16(9-3-13)24-11-1-10-20-24/h1-11H,12H2,(H,21,22). The van der Waals surface area contributed by atoms with Gasteiger partial charge in [0.1, 0.15) is 5.82 Å². The second-order valence-corrected chi connectivity index (χ2v) is 7.61. The van der Waals surface area contributed by atoms with E-state index in [9.17, 15) is 4.39 Å². The Bertz CT molecular complexity index is 966. The Labute approximate surface area is 157 Å². The highest BCUT2D eigenvalue weighted by Crippen LogP contribution is 2.30. The lowest BCUT2D eigenvalue weighted by molar-refractivity contribution is 0.628. The zero-order chi connectivity index (χ0) is 17.8. The number of aromatic nitrogens is 4. The molecule has 0 aliphatic heterocycles. The summed E-state index contributed by atoms with van der Waals surface area (Å²) in [6.07, 6.45) is 3.68. The fourth-order valence-corrected chi connectivity index (χ4v) is 4.01. The van der Waals surface area contributed by atoms with Gasteiger partial charge in [-0.1, -0.05) is 35.2 Å². The average molecular weight is 383 g/mol. The van der Waals surface area contributed by atoms with Gasteiger partial charge in [0.15, 0.2) is 4.34 Å². The molecule has 0 spiro atoms. The van der Waals surface area contributed by atoms with Crippen molar-refractivity contribution in [1.82, 2.24) is 20.0 Å². The summed E-state index contributed by atoms with van der Waals surface area (Å²) in [7, 11) is 0. The van der Waals surface area contributed by atoms with Crippen LogP contribution in [0.1, 0.15) is 5.56 Å². The van der Waals surface area contributed by atoms with Gasteiger partial charge >= 0.3 is 0 Å². The molecule has 0 radical (unpaired) electrons. The Kier molecular flexibility index (Phi) is 4.94. The molecule has 0 bridgehead atoms. The minimum absolute atomic E-state index is 0.261. The minimum atomic E-state index is -0.261. The number of halogens is 1. The average Bonchev–Trinajstić information content (AvgIpc) is 3.35. The van der Waals surface area contributed by atoms with E-state index in [0.29, 0.717) is 5.13 Å². The number of thioether (sulfide) groups is 1. The van der Waals surface area contributed by atoms with Crippen LogP contribution in [0.5, 0.6) is 0 Å². The van der Waals surface area contributed by atoms with Crippen molar-refractivity contribution in [2.45, 2.75) is 10.1 Å². The Hall–Kier alpha value is -2.71. The second-order valence-electron chi connectivity index (χ2n) is 5.41. The molecule has 4 aromatic rings. The smallest absolute Gasteiger partial charge is 0.210 e. The van der Waals surface area contributed by atoms with Gasteiger partial charge in [0.05, 0.1) is 5.69 Å². The van der Waals surface area contributed by atoms with Crippen LogP contribution in [0, 0.1) is 5.82 Å². The summed E-state index contributed by atoms with van der Waals surface area (Å²) in [5.41, 5.74) is 3.02. The summed E-state index contributed by atoms with van der Waals surface area (Å²) in [5.74, 6) is 0.549. The quantitative estimate of drug-likeness (QED) is 0.480. The Balaban J connectivity index is 1.35. The number of nitrogens with one attached hydrogen (secondary N) is 1. The number of rotatable bonds is 6.